The zero-order valence-electron chi connectivity index (χ0n) is 18.9. The first-order chi connectivity index (χ1) is 16.9. The van der Waals surface area contributed by atoms with Gasteiger partial charge in [0.2, 0.25) is 0 Å². The minimum atomic E-state index is -0.857. The molecular formula is C28H23ClN2O4. The molecule has 1 amide bonds. The van der Waals surface area contributed by atoms with Gasteiger partial charge in [-0.05, 0) is 41.8 Å². The van der Waals surface area contributed by atoms with Crippen LogP contribution in [0.25, 0.3) is 22.4 Å². The van der Waals surface area contributed by atoms with Crippen molar-refractivity contribution in [1.82, 2.24) is 4.98 Å². The lowest BCUT2D eigenvalue weighted by atomic mass is 10.0. The van der Waals surface area contributed by atoms with E-state index in [0.29, 0.717) is 16.4 Å². The molecule has 2 N–H and O–H groups in total. The molecule has 4 rings (SSSR count). The van der Waals surface area contributed by atoms with E-state index in [1.54, 1.807) is 31.3 Å². The number of rotatable bonds is 7. The Morgan fingerprint density at radius 1 is 0.914 bits per heavy atom. The highest BCUT2D eigenvalue weighted by Gasteiger charge is 2.16. The zero-order valence-corrected chi connectivity index (χ0v) is 19.7. The number of pyridine rings is 1. The van der Waals surface area contributed by atoms with Gasteiger partial charge in [-0.25, -0.2) is 4.79 Å². The van der Waals surface area contributed by atoms with Gasteiger partial charge in [-0.15, -0.1) is 0 Å². The Kier molecular flexibility index (Phi) is 7.43. The first-order valence-corrected chi connectivity index (χ1v) is 11.4. The summed E-state index contributed by atoms with van der Waals surface area (Å²) in [5.74, 6) is -0.857. The van der Waals surface area contributed by atoms with Gasteiger partial charge < -0.3 is 9.84 Å². The fourth-order valence-corrected chi connectivity index (χ4v) is 4.00. The maximum Gasteiger partial charge on any atom is 0.412 e. The molecule has 1 atom stereocenters. The number of aromatic nitrogens is 1. The standard InChI is InChI=1S/C28H23ClN2O4/c1-18(23-5-2-3-6-24(23)29)35-28(34)31-25-7-4-16-30-27(25)22-14-12-21(13-15-22)20-10-8-19(9-11-20)17-26(32)33/h2-16,18H,17H2,1H3,(H,31,34)(H,32,33). The number of benzene rings is 3. The summed E-state index contributed by atoms with van der Waals surface area (Å²) in [6, 6.07) is 25.9. The van der Waals surface area contributed by atoms with E-state index in [-0.39, 0.29) is 6.42 Å². The van der Waals surface area contributed by atoms with Crippen LogP contribution in [0, 0.1) is 0 Å². The van der Waals surface area contributed by atoms with Gasteiger partial charge in [0.25, 0.3) is 0 Å². The van der Waals surface area contributed by atoms with Gasteiger partial charge in [0.15, 0.2) is 0 Å². The largest absolute Gasteiger partial charge is 0.481 e. The number of amides is 1. The molecule has 7 heteroatoms. The Balaban J connectivity index is 1.48. The number of carbonyl (C=O) groups is 2. The molecule has 3 aromatic carbocycles. The van der Waals surface area contributed by atoms with Crippen molar-refractivity contribution < 1.29 is 19.4 Å². The fourth-order valence-electron chi connectivity index (χ4n) is 3.71. The molecule has 0 radical (unpaired) electrons. The van der Waals surface area contributed by atoms with Gasteiger partial charge in [0.1, 0.15) is 6.10 Å². The molecule has 1 heterocycles. The van der Waals surface area contributed by atoms with Crippen molar-refractivity contribution in [3.05, 3.63) is 107 Å². The van der Waals surface area contributed by atoms with E-state index in [1.807, 2.05) is 66.7 Å². The van der Waals surface area contributed by atoms with Crippen LogP contribution in [0.15, 0.2) is 91.1 Å². The van der Waals surface area contributed by atoms with Crippen molar-refractivity contribution in [2.45, 2.75) is 19.4 Å². The average molecular weight is 487 g/mol. The van der Waals surface area contributed by atoms with Gasteiger partial charge in [0.05, 0.1) is 17.8 Å². The highest BCUT2D eigenvalue weighted by molar-refractivity contribution is 6.31. The third kappa shape index (κ3) is 6.05. The smallest absolute Gasteiger partial charge is 0.412 e. The van der Waals surface area contributed by atoms with Crippen LogP contribution in [0.4, 0.5) is 10.5 Å². The SMILES string of the molecule is CC(OC(=O)Nc1cccnc1-c1ccc(-c2ccc(CC(=O)O)cc2)cc1)c1ccccc1Cl. The molecule has 176 valence electrons. The van der Waals surface area contributed by atoms with Gasteiger partial charge in [0, 0.05) is 22.3 Å². The molecule has 0 bridgehead atoms. The molecule has 0 aliphatic heterocycles. The van der Waals surface area contributed by atoms with E-state index in [0.717, 1.165) is 27.8 Å². The van der Waals surface area contributed by atoms with Crippen LogP contribution in [0.3, 0.4) is 0 Å². The summed E-state index contributed by atoms with van der Waals surface area (Å²) in [5.41, 5.74) is 5.38. The molecule has 1 aromatic heterocycles. The predicted molar refractivity (Wildman–Crippen MR) is 136 cm³/mol. The van der Waals surface area contributed by atoms with E-state index in [9.17, 15) is 9.59 Å². The predicted octanol–water partition coefficient (Wildman–Crippen LogP) is 7.01. The number of carboxylic acid groups (broad SMARTS) is 1. The molecule has 0 saturated heterocycles. The van der Waals surface area contributed by atoms with Crippen LogP contribution in [-0.4, -0.2) is 22.2 Å². The number of nitrogens with one attached hydrogen (secondary N) is 1. The summed E-state index contributed by atoms with van der Waals surface area (Å²) in [7, 11) is 0. The average Bonchev–Trinajstić information content (AvgIpc) is 2.85. The molecule has 1 unspecified atom stereocenters. The fraction of sp³-hybridized carbons (Fsp3) is 0.107. The minimum Gasteiger partial charge on any atom is -0.481 e. The first kappa shape index (κ1) is 24.0. The van der Waals surface area contributed by atoms with Gasteiger partial charge in [-0.1, -0.05) is 78.3 Å². The van der Waals surface area contributed by atoms with Crippen LogP contribution >= 0.6 is 11.6 Å². The van der Waals surface area contributed by atoms with Crippen LogP contribution < -0.4 is 5.32 Å². The normalized spacial score (nSPS) is 11.5. The van der Waals surface area contributed by atoms with Crippen LogP contribution in [0.1, 0.15) is 24.2 Å². The van der Waals surface area contributed by atoms with Crippen LogP contribution in [-0.2, 0) is 16.0 Å². The second-order valence-corrected chi connectivity index (χ2v) is 8.35. The Labute approximate surface area is 208 Å². The highest BCUT2D eigenvalue weighted by atomic mass is 35.5. The van der Waals surface area contributed by atoms with E-state index >= 15 is 0 Å². The van der Waals surface area contributed by atoms with E-state index in [4.69, 9.17) is 21.4 Å². The number of nitrogens with zero attached hydrogens (tertiary/aromatic N) is 1. The van der Waals surface area contributed by atoms with E-state index in [1.165, 1.54) is 0 Å². The van der Waals surface area contributed by atoms with Crippen LogP contribution in [0.5, 0.6) is 0 Å². The van der Waals surface area contributed by atoms with Crippen molar-refractivity contribution in [3.8, 4) is 22.4 Å². The number of hydrogen-bond acceptors (Lipinski definition) is 4. The molecule has 0 spiro atoms. The Morgan fingerprint density at radius 2 is 1.54 bits per heavy atom. The summed E-state index contributed by atoms with van der Waals surface area (Å²) in [6.07, 6.45) is 0.524. The number of halogens is 1. The summed E-state index contributed by atoms with van der Waals surface area (Å²) < 4.78 is 5.52. The Hall–Kier alpha value is -4.16. The summed E-state index contributed by atoms with van der Waals surface area (Å²) >= 11 is 6.21. The molecule has 0 saturated carbocycles. The van der Waals surface area contributed by atoms with Gasteiger partial charge >= 0.3 is 12.1 Å². The van der Waals surface area contributed by atoms with Gasteiger partial charge in [-0.3, -0.25) is 15.1 Å². The third-order valence-electron chi connectivity index (χ3n) is 5.47. The Bertz CT molecular complexity index is 1340. The van der Waals surface area contributed by atoms with E-state index in [2.05, 4.69) is 10.3 Å². The lowest BCUT2D eigenvalue weighted by Gasteiger charge is -2.16. The van der Waals surface area contributed by atoms with Crippen molar-refractivity contribution in [1.29, 1.82) is 0 Å². The Morgan fingerprint density at radius 3 is 2.20 bits per heavy atom. The minimum absolute atomic E-state index is 0.00568. The third-order valence-corrected chi connectivity index (χ3v) is 5.82. The second kappa shape index (κ2) is 10.8. The molecule has 0 fully saturated rings. The maximum atomic E-state index is 12.6. The molecule has 4 aromatic rings. The number of hydrogen-bond donors (Lipinski definition) is 2. The van der Waals surface area contributed by atoms with Gasteiger partial charge in [-0.2, -0.15) is 0 Å². The summed E-state index contributed by atoms with van der Waals surface area (Å²) in [4.78, 5) is 27.9. The lowest BCUT2D eigenvalue weighted by Crippen LogP contribution is -2.17. The van der Waals surface area contributed by atoms with Crippen LogP contribution in [0.2, 0.25) is 5.02 Å². The molecule has 0 aliphatic carbocycles. The quantitative estimate of drug-likeness (QED) is 0.293. The molecule has 35 heavy (non-hydrogen) atoms. The van der Waals surface area contributed by atoms with Crippen molar-refractivity contribution >= 4 is 29.4 Å². The monoisotopic (exact) mass is 486 g/mol. The van der Waals surface area contributed by atoms with Crippen molar-refractivity contribution in [3.63, 3.8) is 0 Å². The zero-order chi connectivity index (χ0) is 24.8. The summed E-state index contributed by atoms with van der Waals surface area (Å²) in [5, 5.41) is 12.2. The first-order valence-electron chi connectivity index (χ1n) is 11.0. The number of aliphatic carboxylic acids is 1. The lowest BCUT2D eigenvalue weighted by molar-refractivity contribution is -0.136. The molecular weight excluding hydrogens is 464 g/mol. The number of ether oxygens (including phenoxy) is 1. The van der Waals surface area contributed by atoms with E-state index < -0.39 is 18.2 Å². The van der Waals surface area contributed by atoms with Crippen molar-refractivity contribution in [2.75, 3.05) is 5.32 Å². The second-order valence-electron chi connectivity index (χ2n) is 7.94. The molecule has 0 aliphatic rings. The maximum absolute atomic E-state index is 12.6. The number of anilines is 1. The molecule has 6 nitrogen and oxygen atoms in total. The topological polar surface area (TPSA) is 88.5 Å². The highest BCUT2D eigenvalue weighted by Crippen LogP contribution is 2.30. The number of carboxylic acids is 1. The van der Waals surface area contributed by atoms with Crippen molar-refractivity contribution in [2.24, 2.45) is 0 Å². The summed E-state index contributed by atoms with van der Waals surface area (Å²) in [6.45, 7) is 1.76. The number of carbonyl (C=O) groups excluding carboxylic acids is 1.